The van der Waals surface area contributed by atoms with Crippen LogP contribution in [0.4, 0.5) is 23.4 Å². The number of aromatic nitrogens is 1. The van der Waals surface area contributed by atoms with Crippen molar-refractivity contribution in [1.29, 1.82) is 0 Å². The third-order valence-corrected chi connectivity index (χ3v) is 5.75. The average molecular weight is 495 g/mol. The van der Waals surface area contributed by atoms with Gasteiger partial charge in [-0.05, 0) is 72.8 Å². The maximum absolute atomic E-state index is 12.9. The van der Waals surface area contributed by atoms with Crippen LogP contribution in [0.3, 0.4) is 0 Å². The number of nitrogens with zero attached hydrogens (tertiary/aromatic N) is 1. The van der Waals surface area contributed by atoms with Gasteiger partial charge in [-0.1, -0.05) is 18.2 Å². The van der Waals surface area contributed by atoms with Crippen molar-refractivity contribution in [2.75, 3.05) is 24.5 Å². The third-order valence-electron chi connectivity index (χ3n) is 4.95. The SMILES string of the molecule is FC(F)(F)c1cccc(OC2COC2)c1.Fc1cccc(NSc2ccc3c(c2)OCCC3)n1. The summed E-state index contributed by atoms with van der Waals surface area (Å²) in [7, 11) is 0. The van der Waals surface area contributed by atoms with E-state index in [1.54, 1.807) is 12.1 Å². The normalized spacial score (nSPS) is 15.2. The maximum atomic E-state index is 12.9. The summed E-state index contributed by atoms with van der Waals surface area (Å²) in [6.45, 7) is 1.66. The monoisotopic (exact) mass is 494 g/mol. The van der Waals surface area contributed by atoms with Crippen LogP contribution in [0.1, 0.15) is 17.5 Å². The number of ether oxygens (including phenoxy) is 3. The number of halogens is 4. The molecule has 0 saturated carbocycles. The molecule has 34 heavy (non-hydrogen) atoms. The number of anilines is 1. The van der Waals surface area contributed by atoms with Gasteiger partial charge in [0.2, 0.25) is 5.95 Å². The van der Waals surface area contributed by atoms with Crippen LogP contribution in [0.2, 0.25) is 0 Å². The minimum atomic E-state index is -4.32. The lowest BCUT2D eigenvalue weighted by atomic mass is 10.1. The van der Waals surface area contributed by atoms with Crippen LogP contribution in [0, 0.1) is 5.95 Å². The first-order chi connectivity index (χ1) is 16.4. The molecule has 0 unspecified atom stereocenters. The number of rotatable bonds is 5. The summed E-state index contributed by atoms with van der Waals surface area (Å²) in [5.74, 6) is 1.20. The Balaban J connectivity index is 0.000000166. The molecule has 1 saturated heterocycles. The molecule has 0 atom stereocenters. The molecule has 10 heteroatoms. The smallest absolute Gasteiger partial charge is 0.416 e. The van der Waals surface area contributed by atoms with Gasteiger partial charge >= 0.3 is 6.18 Å². The van der Waals surface area contributed by atoms with Gasteiger partial charge in [-0.25, -0.2) is 4.98 Å². The largest absolute Gasteiger partial charge is 0.493 e. The lowest BCUT2D eigenvalue weighted by molar-refractivity contribution is -0.137. The molecule has 5 nitrogen and oxygen atoms in total. The molecule has 2 aliphatic heterocycles. The Morgan fingerprint density at radius 3 is 2.59 bits per heavy atom. The zero-order chi connectivity index (χ0) is 24.0. The van der Waals surface area contributed by atoms with Gasteiger partial charge in [-0.2, -0.15) is 17.6 Å². The molecular formula is C24H22F4N2O3S. The van der Waals surface area contributed by atoms with Crippen LogP contribution in [0.25, 0.3) is 0 Å². The van der Waals surface area contributed by atoms with E-state index in [4.69, 9.17) is 14.2 Å². The Bertz CT molecular complexity index is 1110. The predicted molar refractivity (Wildman–Crippen MR) is 121 cm³/mol. The Labute approximate surface area is 198 Å². The zero-order valence-electron chi connectivity index (χ0n) is 18.0. The van der Waals surface area contributed by atoms with Crippen LogP contribution in [-0.4, -0.2) is 30.9 Å². The van der Waals surface area contributed by atoms with E-state index in [1.807, 2.05) is 12.1 Å². The van der Waals surface area contributed by atoms with E-state index in [9.17, 15) is 17.6 Å². The van der Waals surface area contributed by atoms with E-state index in [1.165, 1.54) is 35.7 Å². The van der Waals surface area contributed by atoms with Gasteiger partial charge in [-0.3, -0.25) is 0 Å². The molecule has 0 bridgehead atoms. The molecule has 0 radical (unpaired) electrons. The predicted octanol–water partition coefficient (Wildman–Crippen LogP) is 6.15. The molecule has 2 aromatic carbocycles. The molecule has 5 rings (SSSR count). The molecule has 0 amide bonds. The van der Waals surface area contributed by atoms with Crippen molar-refractivity contribution in [3.8, 4) is 11.5 Å². The van der Waals surface area contributed by atoms with Crippen molar-refractivity contribution >= 4 is 17.8 Å². The Morgan fingerprint density at radius 2 is 1.85 bits per heavy atom. The van der Waals surface area contributed by atoms with Crippen molar-refractivity contribution < 1.29 is 31.8 Å². The number of nitrogens with one attached hydrogen (secondary N) is 1. The average Bonchev–Trinajstić information content (AvgIpc) is 2.80. The van der Waals surface area contributed by atoms with Gasteiger partial charge in [0.15, 0.2) is 0 Å². The molecule has 1 aromatic heterocycles. The second-order valence-corrected chi connectivity index (χ2v) is 8.45. The van der Waals surface area contributed by atoms with Gasteiger partial charge in [0.1, 0.15) is 23.4 Å². The maximum Gasteiger partial charge on any atom is 0.416 e. The standard InChI is InChI=1S/C14H13FN2OS.C10H9F3O2/c15-13-4-1-5-14(16-13)17-19-11-7-6-10-3-2-8-18-12(10)9-11;11-10(12,13)7-2-1-3-8(4-7)15-9-5-14-6-9/h1,4-7,9H,2-3,8H2,(H,16,17);1-4,9H,5-6H2. The lowest BCUT2D eigenvalue weighted by Crippen LogP contribution is -2.38. The van der Waals surface area contributed by atoms with Gasteiger partial charge in [0.05, 0.1) is 25.4 Å². The second-order valence-electron chi connectivity index (χ2n) is 7.57. The van der Waals surface area contributed by atoms with Crippen molar-refractivity contribution in [3.63, 3.8) is 0 Å². The molecule has 1 fully saturated rings. The number of hydrogen-bond acceptors (Lipinski definition) is 6. The number of benzene rings is 2. The lowest BCUT2D eigenvalue weighted by Gasteiger charge is -2.26. The number of alkyl halides is 3. The Hall–Kier alpha value is -2.98. The highest BCUT2D eigenvalue weighted by Crippen LogP contribution is 2.32. The summed E-state index contributed by atoms with van der Waals surface area (Å²) in [6.07, 6.45) is -2.30. The number of hydrogen-bond donors (Lipinski definition) is 1. The summed E-state index contributed by atoms with van der Waals surface area (Å²) >= 11 is 1.40. The first kappa shape index (κ1) is 24.2. The topological polar surface area (TPSA) is 52.6 Å². The highest BCUT2D eigenvalue weighted by Gasteiger charge is 2.31. The number of aryl methyl sites for hydroxylation is 1. The molecule has 0 aliphatic carbocycles. The van der Waals surface area contributed by atoms with Gasteiger partial charge in [0, 0.05) is 4.90 Å². The van der Waals surface area contributed by atoms with Crippen molar-refractivity contribution in [2.45, 2.75) is 30.0 Å². The first-order valence-corrected chi connectivity index (χ1v) is 11.4. The molecule has 3 heterocycles. The highest BCUT2D eigenvalue weighted by atomic mass is 32.2. The minimum absolute atomic E-state index is 0.117. The quantitative estimate of drug-likeness (QED) is 0.261. The van der Waals surface area contributed by atoms with Crippen molar-refractivity contribution in [2.24, 2.45) is 0 Å². The van der Waals surface area contributed by atoms with Crippen LogP contribution in [0.5, 0.6) is 11.5 Å². The summed E-state index contributed by atoms with van der Waals surface area (Å²) in [5.41, 5.74) is 0.555. The highest BCUT2D eigenvalue weighted by molar-refractivity contribution is 8.00. The second kappa shape index (κ2) is 11.0. The number of pyridine rings is 1. The molecule has 180 valence electrons. The van der Waals surface area contributed by atoms with Crippen molar-refractivity contribution in [1.82, 2.24) is 4.98 Å². The van der Waals surface area contributed by atoms with E-state index in [2.05, 4.69) is 15.8 Å². The summed E-state index contributed by atoms with van der Waals surface area (Å²) in [4.78, 5) is 4.77. The minimum Gasteiger partial charge on any atom is -0.493 e. The number of fused-ring (bicyclic) bond motifs is 1. The van der Waals surface area contributed by atoms with E-state index in [0.717, 1.165) is 42.2 Å². The molecule has 3 aromatic rings. The Kier molecular flexibility index (Phi) is 7.79. The van der Waals surface area contributed by atoms with Gasteiger partial charge in [-0.15, -0.1) is 0 Å². The zero-order valence-corrected chi connectivity index (χ0v) is 18.8. The van der Waals surface area contributed by atoms with Crippen LogP contribution in [0.15, 0.2) is 65.6 Å². The van der Waals surface area contributed by atoms with Gasteiger partial charge in [0.25, 0.3) is 0 Å². The Morgan fingerprint density at radius 1 is 1.03 bits per heavy atom. The summed E-state index contributed by atoms with van der Waals surface area (Å²) in [6, 6.07) is 15.6. The first-order valence-electron chi connectivity index (χ1n) is 10.6. The molecule has 2 aliphatic rings. The van der Waals surface area contributed by atoms with E-state index in [-0.39, 0.29) is 11.9 Å². The van der Waals surface area contributed by atoms with Crippen molar-refractivity contribution in [3.05, 3.63) is 77.7 Å². The fraction of sp³-hybridized carbons (Fsp3) is 0.292. The van der Waals surface area contributed by atoms with Crippen LogP contribution < -0.4 is 14.2 Å². The van der Waals surface area contributed by atoms with Gasteiger partial charge < -0.3 is 18.9 Å². The molecule has 1 N–H and O–H groups in total. The van der Waals surface area contributed by atoms with E-state index < -0.39 is 17.7 Å². The van der Waals surface area contributed by atoms with E-state index in [0.29, 0.717) is 19.0 Å². The third kappa shape index (κ3) is 6.77. The molecule has 0 spiro atoms. The fourth-order valence-electron chi connectivity index (χ4n) is 3.18. The molecular weight excluding hydrogens is 472 g/mol. The van der Waals surface area contributed by atoms with Crippen LogP contribution in [-0.2, 0) is 17.3 Å². The fourth-order valence-corrected chi connectivity index (χ4v) is 3.82. The summed E-state index contributed by atoms with van der Waals surface area (Å²) < 4.78 is 68.7. The van der Waals surface area contributed by atoms with E-state index >= 15 is 0 Å². The van der Waals surface area contributed by atoms with Crippen LogP contribution >= 0.6 is 11.9 Å². The summed E-state index contributed by atoms with van der Waals surface area (Å²) in [5, 5.41) is 0.